The van der Waals surface area contributed by atoms with Gasteiger partial charge in [-0.05, 0) is 58.6 Å². The van der Waals surface area contributed by atoms with Crippen LogP contribution in [0.1, 0.15) is 36.3 Å². The fraction of sp³-hybridized carbons (Fsp3) is 0.450. The van der Waals surface area contributed by atoms with Gasteiger partial charge in [0.05, 0.1) is 12.3 Å². The Labute approximate surface area is 150 Å². The number of rotatable bonds is 8. The molecule has 0 fully saturated rings. The maximum Gasteiger partial charge on any atom is 0.225 e. The summed E-state index contributed by atoms with van der Waals surface area (Å²) in [5.74, 6) is 0.941. The van der Waals surface area contributed by atoms with Crippen LogP contribution in [0.15, 0.2) is 41.0 Å². The first-order chi connectivity index (χ1) is 11.9. The maximum absolute atomic E-state index is 12.3. The van der Waals surface area contributed by atoms with Gasteiger partial charge in [0.1, 0.15) is 5.76 Å². The minimum absolute atomic E-state index is 0.0198. The SMILES string of the molecule is Cc1ccc(NC(=O)CC(C)NCC(c2ccco2)N(C)C)c(C)c1. The van der Waals surface area contributed by atoms with Crippen LogP contribution in [0.2, 0.25) is 0 Å². The molecule has 0 aliphatic carbocycles. The molecule has 0 aliphatic rings. The monoisotopic (exact) mass is 343 g/mol. The van der Waals surface area contributed by atoms with E-state index in [1.54, 1.807) is 6.26 Å². The van der Waals surface area contributed by atoms with Gasteiger partial charge in [-0.1, -0.05) is 17.7 Å². The van der Waals surface area contributed by atoms with Crippen molar-refractivity contribution in [3.05, 3.63) is 53.5 Å². The predicted molar refractivity (Wildman–Crippen MR) is 102 cm³/mol. The van der Waals surface area contributed by atoms with E-state index >= 15 is 0 Å². The highest BCUT2D eigenvalue weighted by molar-refractivity contribution is 5.91. The van der Waals surface area contributed by atoms with Crippen molar-refractivity contribution < 1.29 is 9.21 Å². The van der Waals surface area contributed by atoms with E-state index in [2.05, 4.69) is 21.6 Å². The number of hydrogen-bond acceptors (Lipinski definition) is 4. The van der Waals surface area contributed by atoms with Crippen molar-refractivity contribution in [3.8, 4) is 0 Å². The zero-order chi connectivity index (χ0) is 18.4. The second-order valence-corrected chi connectivity index (χ2v) is 6.87. The molecule has 2 unspecified atom stereocenters. The van der Waals surface area contributed by atoms with Crippen molar-refractivity contribution in [1.82, 2.24) is 10.2 Å². The van der Waals surface area contributed by atoms with Gasteiger partial charge in [0, 0.05) is 24.7 Å². The van der Waals surface area contributed by atoms with E-state index in [0.29, 0.717) is 6.42 Å². The molecule has 25 heavy (non-hydrogen) atoms. The van der Waals surface area contributed by atoms with Crippen molar-refractivity contribution in [3.63, 3.8) is 0 Å². The van der Waals surface area contributed by atoms with Crippen LogP contribution in [0.25, 0.3) is 0 Å². The number of nitrogens with one attached hydrogen (secondary N) is 2. The summed E-state index contributed by atoms with van der Waals surface area (Å²) in [6, 6.07) is 10.1. The highest BCUT2D eigenvalue weighted by atomic mass is 16.3. The van der Waals surface area contributed by atoms with Crippen molar-refractivity contribution in [2.45, 2.75) is 39.3 Å². The Kier molecular flexibility index (Phi) is 6.79. The molecule has 0 aliphatic heterocycles. The van der Waals surface area contributed by atoms with E-state index in [9.17, 15) is 4.79 Å². The maximum atomic E-state index is 12.3. The van der Waals surface area contributed by atoms with E-state index in [4.69, 9.17) is 4.42 Å². The van der Waals surface area contributed by atoms with Crippen LogP contribution in [0.3, 0.4) is 0 Å². The fourth-order valence-electron chi connectivity index (χ4n) is 2.84. The Morgan fingerprint density at radius 1 is 1.24 bits per heavy atom. The molecule has 1 heterocycles. The highest BCUT2D eigenvalue weighted by Gasteiger charge is 2.18. The second kappa shape index (κ2) is 8.83. The first-order valence-electron chi connectivity index (χ1n) is 8.67. The van der Waals surface area contributed by atoms with Crippen molar-refractivity contribution in [1.29, 1.82) is 0 Å². The van der Waals surface area contributed by atoms with Crippen molar-refractivity contribution >= 4 is 11.6 Å². The summed E-state index contributed by atoms with van der Waals surface area (Å²) in [5.41, 5.74) is 3.15. The van der Waals surface area contributed by atoms with E-state index in [1.165, 1.54) is 5.56 Å². The smallest absolute Gasteiger partial charge is 0.225 e. The Morgan fingerprint density at radius 2 is 2.00 bits per heavy atom. The molecule has 1 aromatic carbocycles. The van der Waals surface area contributed by atoms with Crippen molar-refractivity contribution in [2.75, 3.05) is 26.0 Å². The Bertz CT molecular complexity index is 680. The van der Waals surface area contributed by atoms with E-state index in [0.717, 1.165) is 23.6 Å². The normalized spacial score (nSPS) is 13.7. The van der Waals surface area contributed by atoms with Gasteiger partial charge in [0.2, 0.25) is 5.91 Å². The zero-order valence-electron chi connectivity index (χ0n) is 15.8. The summed E-state index contributed by atoms with van der Waals surface area (Å²) in [6.07, 6.45) is 2.11. The Morgan fingerprint density at radius 3 is 2.60 bits per heavy atom. The third kappa shape index (κ3) is 5.73. The molecule has 1 amide bonds. The third-order valence-electron chi connectivity index (χ3n) is 4.30. The fourth-order valence-corrected chi connectivity index (χ4v) is 2.84. The lowest BCUT2D eigenvalue weighted by molar-refractivity contribution is -0.116. The van der Waals surface area contributed by atoms with Crippen LogP contribution in [0, 0.1) is 13.8 Å². The second-order valence-electron chi connectivity index (χ2n) is 6.87. The largest absolute Gasteiger partial charge is 0.468 e. The van der Waals surface area contributed by atoms with Crippen LogP contribution in [0.4, 0.5) is 5.69 Å². The van der Waals surface area contributed by atoms with Crippen LogP contribution >= 0.6 is 0 Å². The summed E-state index contributed by atoms with van der Waals surface area (Å²) in [7, 11) is 4.04. The van der Waals surface area contributed by atoms with E-state index in [-0.39, 0.29) is 18.0 Å². The first-order valence-corrected chi connectivity index (χ1v) is 8.67. The first kappa shape index (κ1) is 19.2. The number of anilines is 1. The van der Waals surface area contributed by atoms with Gasteiger partial charge < -0.3 is 15.1 Å². The van der Waals surface area contributed by atoms with E-state index < -0.39 is 0 Å². The lowest BCUT2D eigenvalue weighted by Crippen LogP contribution is -2.37. The third-order valence-corrected chi connectivity index (χ3v) is 4.30. The summed E-state index contributed by atoms with van der Waals surface area (Å²) in [5, 5.41) is 6.43. The number of aryl methyl sites for hydroxylation is 2. The molecule has 1 aromatic heterocycles. The number of carbonyl (C=O) groups excluding carboxylic acids is 1. The zero-order valence-corrected chi connectivity index (χ0v) is 15.8. The lowest BCUT2D eigenvalue weighted by atomic mass is 10.1. The molecule has 0 saturated carbocycles. The topological polar surface area (TPSA) is 57.5 Å². The average molecular weight is 343 g/mol. The van der Waals surface area contributed by atoms with Gasteiger partial charge in [-0.25, -0.2) is 0 Å². The molecular weight excluding hydrogens is 314 g/mol. The number of amides is 1. The highest BCUT2D eigenvalue weighted by Crippen LogP contribution is 2.18. The standard InChI is InChI=1S/C20H29N3O2/c1-14-8-9-17(15(2)11-14)22-20(24)12-16(3)21-13-18(23(4)5)19-7-6-10-25-19/h6-11,16,18,21H,12-13H2,1-5H3,(H,22,24). The number of benzene rings is 1. The quantitative estimate of drug-likeness (QED) is 0.770. The van der Waals surface area contributed by atoms with Crippen molar-refractivity contribution in [2.24, 2.45) is 0 Å². The molecule has 0 spiro atoms. The van der Waals surface area contributed by atoms with Gasteiger partial charge in [-0.15, -0.1) is 0 Å². The Hall–Kier alpha value is -2.11. The average Bonchev–Trinajstić information content (AvgIpc) is 3.04. The molecule has 2 atom stereocenters. The summed E-state index contributed by atoms with van der Waals surface area (Å²) in [4.78, 5) is 14.4. The summed E-state index contributed by atoms with van der Waals surface area (Å²) >= 11 is 0. The van der Waals surface area contributed by atoms with Crippen LogP contribution in [-0.2, 0) is 4.79 Å². The van der Waals surface area contributed by atoms with Crippen LogP contribution in [-0.4, -0.2) is 37.5 Å². The number of hydrogen-bond donors (Lipinski definition) is 2. The molecule has 0 radical (unpaired) electrons. The molecule has 2 aromatic rings. The minimum Gasteiger partial charge on any atom is -0.468 e. The molecular formula is C20H29N3O2. The molecule has 5 heteroatoms. The van der Waals surface area contributed by atoms with Gasteiger partial charge in [0.25, 0.3) is 0 Å². The predicted octanol–water partition coefficient (Wildman–Crippen LogP) is 3.51. The Balaban J connectivity index is 1.84. The van der Waals surface area contributed by atoms with Crippen LogP contribution < -0.4 is 10.6 Å². The minimum atomic E-state index is 0.0198. The molecule has 0 saturated heterocycles. The van der Waals surface area contributed by atoms with Gasteiger partial charge >= 0.3 is 0 Å². The molecule has 5 nitrogen and oxygen atoms in total. The van der Waals surface area contributed by atoms with E-state index in [1.807, 2.05) is 59.1 Å². The summed E-state index contributed by atoms with van der Waals surface area (Å²) < 4.78 is 5.51. The molecule has 0 bridgehead atoms. The van der Waals surface area contributed by atoms with Gasteiger partial charge in [0.15, 0.2) is 0 Å². The van der Waals surface area contributed by atoms with Crippen LogP contribution in [0.5, 0.6) is 0 Å². The molecule has 136 valence electrons. The number of carbonyl (C=O) groups is 1. The number of likely N-dealkylation sites (N-methyl/N-ethyl adjacent to an activating group) is 1. The number of furan rings is 1. The van der Waals surface area contributed by atoms with Gasteiger partial charge in [-0.2, -0.15) is 0 Å². The summed E-state index contributed by atoms with van der Waals surface area (Å²) in [6.45, 7) is 6.80. The lowest BCUT2D eigenvalue weighted by Gasteiger charge is -2.24. The number of nitrogens with zero attached hydrogens (tertiary/aromatic N) is 1. The molecule has 2 N–H and O–H groups in total. The molecule has 2 rings (SSSR count). The van der Waals surface area contributed by atoms with Gasteiger partial charge in [-0.3, -0.25) is 9.69 Å².